The van der Waals surface area contributed by atoms with E-state index >= 15 is 0 Å². The number of aliphatic hydroxyl groups is 1. The summed E-state index contributed by atoms with van der Waals surface area (Å²) in [6.07, 6.45) is 2.49. The van der Waals surface area contributed by atoms with E-state index in [0.717, 1.165) is 29.8 Å². The van der Waals surface area contributed by atoms with Gasteiger partial charge in [0.1, 0.15) is 18.2 Å². The van der Waals surface area contributed by atoms with Crippen LogP contribution in [0.25, 0.3) is 0 Å². The maximum Gasteiger partial charge on any atom is 0.126 e. The summed E-state index contributed by atoms with van der Waals surface area (Å²) >= 11 is 6.33. The number of nitriles is 1. The molecule has 0 aromatic heterocycles. The second-order valence-electron chi connectivity index (χ2n) is 6.90. The Kier molecular flexibility index (Phi) is 4.00. The first-order valence-electron chi connectivity index (χ1n) is 8.44. The van der Waals surface area contributed by atoms with E-state index in [2.05, 4.69) is 6.07 Å². The van der Waals surface area contributed by atoms with Gasteiger partial charge in [0.25, 0.3) is 0 Å². The Labute approximate surface area is 146 Å². The molecule has 1 aliphatic carbocycles. The van der Waals surface area contributed by atoms with E-state index in [-0.39, 0.29) is 12.1 Å². The third-order valence-electron chi connectivity index (χ3n) is 5.20. The molecular weight excluding hydrogens is 326 g/mol. The lowest BCUT2D eigenvalue weighted by Gasteiger charge is -2.24. The lowest BCUT2D eigenvalue weighted by Crippen LogP contribution is -2.42. The van der Waals surface area contributed by atoms with Crippen LogP contribution >= 0.6 is 11.6 Å². The fraction of sp³-hybridized carbons (Fsp3) is 0.556. The Bertz CT molecular complexity index is 739. The fourth-order valence-electron chi connectivity index (χ4n) is 3.57. The topological polar surface area (TPSA) is 68.8 Å². The highest BCUT2D eigenvalue weighted by atomic mass is 35.5. The third kappa shape index (κ3) is 2.59. The number of nitrogens with zero attached hydrogens (tertiary/aromatic N) is 3. The van der Waals surface area contributed by atoms with E-state index in [9.17, 15) is 5.11 Å². The second kappa shape index (κ2) is 6.03. The van der Waals surface area contributed by atoms with Crippen LogP contribution in [0, 0.1) is 24.2 Å². The van der Waals surface area contributed by atoms with Gasteiger partial charge < -0.3 is 9.84 Å². The van der Waals surface area contributed by atoms with Crippen molar-refractivity contribution in [2.45, 2.75) is 44.4 Å². The number of hydrogen-bond donors (Lipinski definition) is 1. The molecule has 1 aromatic rings. The quantitative estimate of drug-likeness (QED) is 0.910. The van der Waals surface area contributed by atoms with Gasteiger partial charge in [-0.1, -0.05) is 17.7 Å². The predicted octanol–water partition coefficient (Wildman–Crippen LogP) is 2.47. The standard InChI is InChI=1S/C18H20ClN3O2/c1-10-13(5-4-12(8-20)15(10)19)16-18(24-9-11-2-3-11)17-14(23)6-7-22(17)21-16/h4-5,11,14,17-18,23H,2-3,6-7,9H2,1H3/t14-,17-,18+/m0/s1. The molecule has 2 fully saturated rings. The summed E-state index contributed by atoms with van der Waals surface area (Å²) in [4.78, 5) is 0. The van der Waals surface area contributed by atoms with Crippen molar-refractivity contribution in [3.8, 4) is 6.07 Å². The monoisotopic (exact) mass is 345 g/mol. The van der Waals surface area contributed by atoms with Crippen LogP contribution < -0.4 is 0 Å². The second-order valence-corrected chi connectivity index (χ2v) is 7.28. The minimum absolute atomic E-state index is 0.118. The SMILES string of the molecule is Cc1c(C2=NN3CC[C@H](O)[C@H]3[C@@H]2OCC2CC2)ccc(C#N)c1Cl. The summed E-state index contributed by atoms with van der Waals surface area (Å²) in [6, 6.07) is 5.61. The predicted molar refractivity (Wildman–Crippen MR) is 91.0 cm³/mol. The maximum atomic E-state index is 10.4. The van der Waals surface area contributed by atoms with Crippen LogP contribution in [0.4, 0.5) is 0 Å². The Hall–Kier alpha value is -1.61. The average molecular weight is 346 g/mol. The highest BCUT2D eigenvalue weighted by Crippen LogP contribution is 2.36. The molecule has 0 spiro atoms. The zero-order valence-corrected chi connectivity index (χ0v) is 14.3. The number of rotatable bonds is 4. The van der Waals surface area contributed by atoms with E-state index < -0.39 is 6.10 Å². The number of hydrogen-bond acceptors (Lipinski definition) is 5. The van der Waals surface area contributed by atoms with Crippen LogP contribution in [0.15, 0.2) is 17.2 Å². The highest BCUT2D eigenvalue weighted by molar-refractivity contribution is 6.33. The van der Waals surface area contributed by atoms with Crippen molar-refractivity contribution >= 4 is 17.3 Å². The van der Waals surface area contributed by atoms with Crippen LogP contribution in [0.5, 0.6) is 0 Å². The average Bonchev–Trinajstić information content (AvgIpc) is 3.24. The van der Waals surface area contributed by atoms with Crippen molar-refractivity contribution in [2.75, 3.05) is 13.2 Å². The summed E-state index contributed by atoms with van der Waals surface area (Å²) in [5, 5.41) is 26.6. The first kappa shape index (κ1) is 15.9. The Balaban J connectivity index is 1.69. The molecule has 24 heavy (non-hydrogen) atoms. The van der Waals surface area contributed by atoms with Crippen LogP contribution in [0.2, 0.25) is 5.02 Å². The van der Waals surface area contributed by atoms with Gasteiger partial charge in [0.2, 0.25) is 0 Å². The van der Waals surface area contributed by atoms with Gasteiger partial charge >= 0.3 is 0 Å². The molecule has 1 aromatic carbocycles. The van der Waals surface area contributed by atoms with Gasteiger partial charge in [-0.05, 0) is 43.7 Å². The largest absolute Gasteiger partial charge is 0.391 e. The molecule has 0 bridgehead atoms. The molecule has 1 N–H and O–H groups in total. The first-order chi connectivity index (χ1) is 11.6. The number of aliphatic hydroxyl groups excluding tert-OH is 1. The highest BCUT2D eigenvalue weighted by Gasteiger charge is 2.47. The minimum Gasteiger partial charge on any atom is -0.391 e. The van der Waals surface area contributed by atoms with Gasteiger partial charge in [-0.2, -0.15) is 10.4 Å². The normalized spacial score (nSPS) is 28.7. The molecule has 2 aliphatic heterocycles. The van der Waals surface area contributed by atoms with Crippen molar-refractivity contribution in [2.24, 2.45) is 11.0 Å². The summed E-state index contributed by atoms with van der Waals surface area (Å²) in [5.74, 6) is 0.643. The smallest absolute Gasteiger partial charge is 0.126 e. The van der Waals surface area contributed by atoms with Gasteiger partial charge in [-0.25, -0.2) is 0 Å². The molecule has 0 unspecified atom stereocenters. The van der Waals surface area contributed by atoms with Crippen LogP contribution in [-0.4, -0.2) is 47.2 Å². The van der Waals surface area contributed by atoms with Crippen molar-refractivity contribution in [1.82, 2.24) is 5.01 Å². The third-order valence-corrected chi connectivity index (χ3v) is 5.69. The van der Waals surface area contributed by atoms with E-state index in [1.807, 2.05) is 18.0 Å². The van der Waals surface area contributed by atoms with E-state index in [1.54, 1.807) is 6.07 Å². The first-order valence-corrected chi connectivity index (χ1v) is 8.82. The number of ether oxygens (including phenoxy) is 1. The molecule has 1 saturated carbocycles. The molecule has 0 radical (unpaired) electrons. The van der Waals surface area contributed by atoms with Gasteiger partial charge in [0.05, 0.1) is 29.0 Å². The van der Waals surface area contributed by atoms with Gasteiger partial charge in [0.15, 0.2) is 0 Å². The molecule has 0 amide bonds. The summed E-state index contributed by atoms with van der Waals surface area (Å²) in [6.45, 7) is 3.35. The molecule has 126 valence electrons. The molecule has 2 heterocycles. The van der Waals surface area contributed by atoms with Gasteiger partial charge in [-0.15, -0.1) is 0 Å². The lowest BCUT2D eigenvalue weighted by molar-refractivity contribution is 0.0110. The van der Waals surface area contributed by atoms with Crippen molar-refractivity contribution in [3.05, 3.63) is 33.8 Å². The zero-order valence-electron chi connectivity index (χ0n) is 13.6. The Morgan fingerprint density at radius 3 is 2.92 bits per heavy atom. The molecule has 5 nitrogen and oxygen atoms in total. The molecule has 3 atom stereocenters. The summed E-state index contributed by atoms with van der Waals surface area (Å²) in [5.41, 5.74) is 3.03. The van der Waals surface area contributed by atoms with E-state index in [1.165, 1.54) is 12.8 Å². The molecule has 4 rings (SSSR count). The van der Waals surface area contributed by atoms with Gasteiger partial charge in [-0.3, -0.25) is 5.01 Å². The number of fused-ring (bicyclic) bond motifs is 1. The Morgan fingerprint density at radius 1 is 1.42 bits per heavy atom. The van der Waals surface area contributed by atoms with Crippen LogP contribution in [0.1, 0.15) is 36.0 Å². The van der Waals surface area contributed by atoms with Crippen molar-refractivity contribution in [3.63, 3.8) is 0 Å². The zero-order chi connectivity index (χ0) is 16.8. The van der Waals surface area contributed by atoms with Crippen molar-refractivity contribution < 1.29 is 9.84 Å². The number of hydrazone groups is 1. The molecular formula is C18H20ClN3O2. The van der Waals surface area contributed by atoms with Crippen molar-refractivity contribution in [1.29, 1.82) is 5.26 Å². The fourth-order valence-corrected chi connectivity index (χ4v) is 3.78. The molecule has 1 saturated heterocycles. The maximum absolute atomic E-state index is 10.4. The minimum atomic E-state index is -0.426. The molecule has 3 aliphatic rings. The summed E-state index contributed by atoms with van der Waals surface area (Å²) in [7, 11) is 0. The van der Waals surface area contributed by atoms with E-state index in [4.69, 9.17) is 26.7 Å². The van der Waals surface area contributed by atoms with Crippen LogP contribution in [-0.2, 0) is 4.74 Å². The number of halogens is 1. The molecule has 6 heteroatoms. The Morgan fingerprint density at radius 2 is 2.21 bits per heavy atom. The van der Waals surface area contributed by atoms with Crippen LogP contribution in [0.3, 0.4) is 0 Å². The summed E-state index contributed by atoms with van der Waals surface area (Å²) < 4.78 is 6.19. The number of benzene rings is 1. The van der Waals surface area contributed by atoms with E-state index in [0.29, 0.717) is 23.1 Å². The lowest BCUT2D eigenvalue weighted by atomic mass is 9.94. The van der Waals surface area contributed by atoms with Gasteiger partial charge in [0, 0.05) is 12.1 Å².